The summed E-state index contributed by atoms with van der Waals surface area (Å²) in [6, 6.07) is 9.24. The number of amides is 1. The van der Waals surface area contributed by atoms with Crippen LogP contribution in [0.1, 0.15) is 39.7 Å². The highest BCUT2D eigenvalue weighted by Gasteiger charge is 2.30. The Morgan fingerprint density at radius 1 is 0.960 bits per heavy atom. The van der Waals surface area contributed by atoms with Crippen LogP contribution >= 0.6 is 0 Å². The van der Waals surface area contributed by atoms with Crippen molar-refractivity contribution < 1.29 is 28.6 Å². The Labute approximate surface area is 147 Å². The maximum absolute atomic E-state index is 12.2. The summed E-state index contributed by atoms with van der Waals surface area (Å²) in [4.78, 5) is 36.5. The van der Waals surface area contributed by atoms with Gasteiger partial charge in [-0.15, -0.1) is 0 Å². The van der Waals surface area contributed by atoms with Gasteiger partial charge in [0.05, 0.1) is 0 Å². The Bertz CT molecular complexity index is 579. The molecule has 138 valence electrons. The van der Waals surface area contributed by atoms with E-state index < -0.39 is 30.4 Å². The van der Waals surface area contributed by atoms with Gasteiger partial charge in [0.25, 0.3) is 0 Å². The number of rotatable bonds is 7. The van der Waals surface area contributed by atoms with E-state index in [2.05, 4.69) is 0 Å². The van der Waals surface area contributed by atoms with Crippen LogP contribution in [-0.4, -0.2) is 41.8 Å². The molecule has 0 aliphatic carbocycles. The minimum Gasteiger partial charge on any atom is -0.459 e. The summed E-state index contributed by atoms with van der Waals surface area (Å²) in [6.07, 6.45) is -0.570. The lowest BCUT2D eigenvalue weighted by Crippen LogP contribution is -2.49. The second kappa shape index (κ2) is 9.66. The molecule has 1 rings (SSSR count). The molecular formula is C18H25NO6. The van der Waals surface area contributed by atoms with Gasteiger partial charge in [-0.05, 0) is 26.3 Å². The third-order valence-electron chi connectivity index (χ3n) is 3.25. The van der Waals surface area contributed by atoms with E-state index in [1.54, 1.807) is 27.7 Å². The van der Waals surface area contributed by atoms with Crippen molar-refractivity contribution in [3.05, 3.63) is 35.9 Å². The van der Waals surface area contributed by atoms with Crippen molar-refractivity contribution in [2.75, 3.05) is 13.3 Å². The number of hydrogen-bond donors (Lipinski definition) is 0. The fraction of sp³-hybridized carbons (Fsp3) is 0.500. The van der Waals surface area contributed by atoms with Gasteiger partial charge in [-0.2, -0.15) is 0 Å². The molecule has 0 saturated heterocycles. The van der Waals surface area contributed by atoms with E-state index in [9.17, 15) is 14.4 Å². The van der Waals surface area contributed by atoms with Gasteiger partial charge in [-0.25, -0.2) is 4.79 Å². The monoisotopic (exact) mass is 351 g/mol. The maximum atomic E-state index is 12.2. The molecule has 0 heterocycles. The van der Waals surface area contributed by atoms with Crippen molar-refractivity contribution in [2.24, 2.45) is 0 Å². The molecule has 7 heteroatoms. The van der Waals surface area contributed by atoms with Gasteiger partial charge in [0.1, 0.15) is 13.2 Å². The van der Waals surface area contributed by atoms with E-state index in [1.807, 2.05) is 30.3 Å². The smallest absolute Gasteiger partial charge is 0.413 e. The lowest BCUT2D eigenvalue weighted by Gasteiger charge is -2.33. The van der Waals surface area contributed by atoms with Gasteiger partial charge in [0.15, 0.2) is 0 Å². The molecule has 0 radical (unpaired) electrons. The number of ether oxygens (including phenoxy) is 3. The summed E-state index contributed by atoms with van der Waals surface area (Å²) >= 11 is 0. The molecule has 1 aromatic carbocycles. The Hall–Kier alpha value is -2.57. The van der Waals surface area contributed by atoms with Crippen molar-refractivity contribution in [3.8, 4) is 0 Å². The second-order valence-corrected chi connectivity index (χ2v) is 6.30. The second-order valence-electron chi connectivity index (χ2n) is 6.30. The molecule has 0 aliphatic rings. The van der Waals surface area contributed by atoms with E-state index in [4.69, 9.17) is 14.2 Å². The maximum Gasteiger partial charge on any atom is 0.413 e. The molecule has 0 aromatic heterocycles. The predicted molar refractivity (Wildman–Crippen MR) is 90.4 cm³/mol. The van der Waals surface area contributed by atoms with E-state index in [1.165, 1.54) is 4.90 Å². The highest BCUT2D eigenvalue weighted by molar-refractivity contribution is 5.78. The number of benzene rings is 1. The van der Waals surface area contributed by atoms with Crippen molar-refractivity contribution >= 4 is 18.0 Å². The molecule has 0 saturated carbocycles. The molecule has 0 spiro atoms. The van der Waals surface area contributed by atoms with Crippen LogP contribution in [0.2, 0.25) is 0 Å². The Morgan fingerprint density at radius 2 is 1.60 bits per heavy atom. The fourth-order valence-corrected chi connectivity index (χ4v) is 1.81. The number of hydrogen-bond acceptors (Lipinski definition) is 6. The first-order chi connectivity index (χ1) is 11.7. The van der Waals surface area contributed by atoms with Crippen molar-refractivity contribution in [1.29, 1.82) is 0 Å². The first-order valence-electron chi connectivity index (χ1n) is 8.03. The summed E-state index contributed by atoms with van der Waals surface area (Å²) in [7, 11) is 0. The van der Waals surface area contributed by atoms with Crippen LogP contribution in [0, 0.1) is 0 Å². The zero-order valence-electron chi connectivity index (χ0n) is 15.1. The summed E-state index contributed by atoms with van der Waals surface area (Å²) in [5.74, 6) is -1.03. The van der Waals surface area contributed by atoms with Crippen LogP contribution in [-0.2, 0) is 30.4 Å². The predicted octanol–water partition coefficient (Wildman–Crippen LogP) is 2.88. The third-order valence-corrected chi connectivity index (χ3v) is 3.25. The number of carbonyl (C=O) groups excluding carboxylic acids is 3. The molecule has 0 N–H and O–H groups in total. The topological polar surface area (TPSA) is 82.1 Å². The average molecular weight is 351 g/mol. The summed E-state index contributed by atoms with van der Waals surface area (Å²) in [5.41, 5.74) is 0.185. The fourth-order valence-electron chi connectivity index (χ4n) is 1.81. The normalized spacial score (nSPS) is 10.7. The lowest BCUT2D eigenvalue weighted by molar-refractivity contribution is -0.154. The van der Waals surface area contributed by atoms with E-state index in [-0.39, 0.29) is 19.6 Å². The molecule has 25 heavy (non-hydrogen) atoms. The molecule has 0 aliphatic heterocycles. The zero-order chi connectivity index (χ0) is 18.9. The third kappa shape index (κ3) is 7.69. The Balaban J connectivity index is 2.55. The minimum atomic E-state index is -0.756. The molecule has 0 bridgehead atoms. The summed E-state index contributed by atoms with van der Waals surface area (Å²) in [6.45, 7) is 6.29. The molecule has 7 nitrogen and oxygen atoms in total. The van der Waals surface area contributed by atoms with Gasteiger partial charge in [-0.1, -0.05) is 37.3 Å². The zero-order valence-corrected chi connectivity index (χ0v) is 15.1. The van der Waals surface area contributed by atoms with Gasteiger partial charge in [0, 0.05) is 12.0 Å². The molecule has 0 fully saturated rings. The lowest BCUT2D eigenvalue weighted by atomic mass is 10.1. The molecule has 0 unspecified atom stereocenters. The molecule has 1 aromatic rings. The molecular weight excluding hydrogens is 326 g/mol. The van der Waals surface area contributed by atoms with Crippen molar-refractivity contribution in [3.63, 3.8) is 0 Å². The summed E-state index contributed by atoms with van der Waals surface area (Å²) in [5, 5.41) is 0. The van der Waals surface area contributed by atoms with Crippen LogP contribution in [0.25, 0.3) is 0 Å². The van der Waals surface area contributed by atoms with E-state index >= 15 is 0 Å². The Morgan fingerprint density at radius 3 is 2.16 bits per heavy atom. The van der Waals surface area contributed by atoms with Crippen LogP contribution in [0.15, 0.2) is 30.3 Å². The Kier molecular flexibility index (Phi) is 7.91. The van der Waals surface area contributed by atoms with Crippen LogP contribution < -0.4 is 0 Å². The average Bonchev–Trinajstić information content (AvgIpc) is 2.57. The first-order valence-corrected chi connectivity index (χ1v) is 8.03. The van der Waals surface area contributed by atoms with Crippen molar-refractivity contribution in [1.82, 2.24) is 4.90 Å². The quantitative estimate of drug-likeness (QED) is 0.555. The highest BCUT2D eigenvalue weighted by atomic mass is 16.7. The highest BCUT2D eigenvalue weighted by Crippen LogP contribution is 2.15. The largest absolute Gasteiger partial charge is 0.459 e. The number of esters is 2. The van der Waals surface area contributed by atoms with Gasteiger partial charge in [-0.3, -0.25) is 14.5 Å². The standard InChI is InChI=1S/C18H25NO6/c1-5-15(20)24-13-25-17(22)19(18(2,3)4)11-16(21)23-12-14-9-7-6-8-10-14/h6-10H,5,11-13H2,1-4H3. The minimum absolute atomic E-state index is 0.126. The van der Waals surface area contributed by atoms with E-state index in [0.717, 1.165) is 5.56 Å². The summed E-state index contributed by atoms with van der Waals surface area (Å²) < 4.78 is 14.8. The number of carbonyl (C=O) groups is 3. The van der Waals surface area contributed by atoms with Crippen LogP contribution in [0.5, 0.6) is 0 Å². The van der Waals surface area contributed by atoms with Crippen LogP contribution in [0.4, 0.5) is 4.79 Å². The first kappa shape index (κ1) is 20.5. The van der Waals surface area contributed by atoms with E-state index in [0.29, 0.717) is 0 Å². The molecule has 0 atom stereocenters. The SMILES string of the molecule is CCC(=O)OCOC(=O)N(CC(=O)OCc1ccccc1)C(C)(C)C. The van der Waals surface area contributed by atoms with Crippen LogP contribution in [0.3, 0.4) is 0 Å². The number of nitrogens with zero attached hydrogens (tertiary/aromatic N) is 1. The van der Waals surface area contributed by atoms with Gasteiger partial charge >= 0.3 is 18.0 Å². The van der Waals surface area contributed by atoms with Crippen molar-refractivity contribution in [2.45, 2.75) is 46.3 Å². The van der Waals surface area contributed by atoms with Gasteiger partial charge in [0.2, 0.25) is 6.79 Å². The molecule has 1 amide bonds. The van der Waals surface area contributed by atoms with Gasteiger partial charge < -0.3 is 14.2 Å².